The van der Waals surface area contributed by atoms with Crippen molar-refractivity contribution in [2.75, 3.05) is 31.1 Å². The molecule has 9 heteroatoms. The van der Waals surface area contributed by atoms with Crippen LogP contribution in [0.5, 0.6) is 0 Å². The summed E-state index contributed by atoms with van der Waals surface area (Å²) >= 11 is 2.87. The van der Waals surface area contributed by atoms with Gasteiger partial charge in [0, 0.05) is 37.8 Å². The average molecular weight is 438 g/mol. The zero-order chi connectivity index (χ0) is 20.7. The number of hydrogen-bond donors (Lipinski definition) is 0. The summed E-state index contributed by atoms with van der Waals surface area (Å²) in [5, 5.41) is 7.15. The molecule has 0 aliphatic carbocycles. The standard InChI is InChI=1S/C21H19N5O2S2/c1-14-4-2-5-15(12-14)19-23-26-18(27)13-17(22-21(26)30-19)24-7-9-25(10-8-24)20(28)16-6-3-11-29-16/h2-6,11-13H,7-10H2,1H3. The average Bonchev–Trinajstić information content (AvgIpc) is 3.44. The third kappa shape index (κ3) is 3.50. The predicted octanol–water partition coefficient (Wildman–Crippen LogP) is 3.15. The quantitative estimate of drug-likeness (QED) is 0.492. The van der Waals surface area contributed by atoms with Gasteiger partial charge in [0.2, 0.25) is 4.96 Å². The lowest BCUT2D eigenvalue weighted by Gasteiger charge is -2.35. The summed E-state index contributed by atoms with van der Waals surface area (Å²) in [5.74, 6) is 0.709. The molecule has 7 nitrogen and oxygen atoms in total. The number of aryl methyl sites for hydroxylation is 1. The van der Waals surface area contributed by atoms with Crippen molar-refractivity contribution in [3.63, 3.8) is 0 Å². The molecule has 152 valence electrons. The minimum atomic E-state index is -0.192. The molecule has 4 aromatic rings. The van der Waals surface area contributed by atoms with Crippen LogP contribution in [0.2, 0.25) is 0 Å². The predicted molar refractivity (Wildman–Crippen MR) is 120 cm³/mol. The van der Waals surface area contributed by atoms with E-state index in [2.05, 4.69) is 10.00 Å². The third-order valence-corrected chi connectivity index (χ3v) is 6.93. The normalized spacial score (nSPS) is 14.4. The maximum Gasteiger partial charge on any atom is 0.277 e. The van der Waals surface area contributed by atoms with E-state index in [1.807, 2.05) is 53.6 Å². The first-order valence-electron chi connectivity index (χ1n) is 9.64. The van der Waals surface area contributed by atoms with E-state index in [9.17, 15) is 9.59 Å². The highest BCUT2D eigenvalue weighted by atomic mass is 32.1. The van der Waals surface area contributed by atoms with Gasteiger partial charge in [-0.15, -0.1) is 11.3 Å². The lowest BCUT2D eigenvalue weighted by Crippen LogP contribution is -2.49. The third-order valence-electron chi connectivity index (χ3n) is 5.12. The summed E-state index contributed by atoms with van der Waals surface area (Å²) in [4.78, 5) is 35.1. The second-order valence-electron chi connectivity index (χ2n) is 7.18. The number of carbonyl (C=O) groups is 1. The summed E-state index contributed by atoms with van der Waals surface area (Å²) in [7, 11) is 0. The van der Waals surface area contributed by atoms with E-state index in [1.165, 1.54) is 33.3 Å². The topological polar surface area (TPSA) is 70.8 Å². The first kappa shape index (κ1) is 19.0. The zero-order valence-corrected chi connectivity index (χ0v) is 17.9. The van der Waals surface area contributed by atoms with Crippen LogP contribution in [-0.2, 0) is 0 Å². The molecular formula is C21H19N5O2S2. The van der Waals surface area contributed by atoms with Crippen molar-refractivity contribution in [3.8, 4) is 10.6 Å². The van der Waals surface area contributed by atoms with Gasteiger partial charge in [-0.05, 0) is 24.4 Å². The molecule has 30 heavy (non-hydrogen) atoms. The molecule has 1 aromatic carbocycles. The van der Waals surface area contributed by atoms with Crippen LogP contribution < -0.4 is 10.5 Å². The summed E-state index contributed by atoms with van der Waals surface area (Å²) in [6, 6.07) is 13.3. The molecular weight excluding hydrogens is 418 g/mol. The monoisotopic (exact) mass is 437 g/mol. The largest absolute Gasteiger partial charge is 0.353 e. The number of hydrogen-bond acceptors (Lipinski definition) is 7. The number of thiophene rings is 1. The van der Waals surface area contributed by atoms with Crippen LogP contribution in [0.15, 0.2) is 52.6 Å². The van der Waals surface area contributed by atoms with Crippen molar-refractivity contribution in [1.29, 1.82) is 0 Å². The molecule has 4 heterocycles. The van der Waals surface area contributed by atoms with Crippen LogP contribution in [0.25, 0.3) is 15.5 Å². The molecule has 0 bridgehead atoms. The van der Waals surface area contributed by atoms with Crippen LogP contribution in [0.1, 0.15) is 15.2 Å². The van der Waals surface area contributed by atoms with Crippen molar-refractivity contribution in [1.82, 2.24) is 19.5 Å². The molecule has 1 aliphatic rings. The van der Waals surface area contributed by atoms with E-state index >= 15 is 0 Å². The Morgan fingerprint density at radius 2 is 1.90 bits per heavy atom. The van der Waals surface area contributed by atoms with Gasteiger partial charge in [-0.1, -0.05) is 41.2 Å². The number of piperazine rings is 1. The van der Waals surface area contributed by atoms with Crippen LogP contribution >= 0.6 is 22.7 Å². The van der Waals surface area contributed by atoms with Crippen molar-refractivity contribution >= 4 is 39.4 Å². The second-order valence-corrected chi connectivity index (χ2v) is 9.08. The van der Waals surface area contributed by atoms with E-state index < -0.39 is 0 Å². The number of amides is 1. The van der Waals surface area contributed by atoms with Gasteiger partial charge >= 0.3 is 0 Å². The first-order valence-corrected chi connectivity index (χ1v) is 11.3. The Balaban J connectivity index is 1.38. The Labute approximate surface area is 180 Å². The summed E-state index contributed by atoms with van der Waals surface area (Å²) in [6.45, 7) is 4.53. The zero-order valence-electron chi connectivity index (χ0n) is 16.3. The maximum atomic E-state index is 12.7. The summed E-state index contributed by atoms with van der Waals surface area (Å²) < 4.78 is 1.36. The minimum Gasteiger partial charge on any atom is -0.353 e. The molecule has 1 saturated heterocycles. The fourth-order valence-electron chi connectivity index (χ4n) is 3.55. The molecule has 3 aromatic heterocycles. The van der Waals surface area contributed by atoms with Gasteiger partial charge in [0.05, 0.1) is 4.88 Å². The molecule has 0 N–H and O–H groups in total. The van der Waals surface area contributed by atoms with E-state index in [4.69, 9.17) is 4.98 Å². The molecule has 5 rings (SSSR count). The number of nitrogens with zero attached hydrogens (tertiary/aromatic N) is 5. The Bertz CT molecular complexity index is 1270. The van der Waals surface area contributed by atoms with Gasteiger partial charge in [-0.2, -0.15) is 9.61 Å². The molecule has 0 spiro atoms. The van der Waals surface area contributed by atoms with Crippen LogP contribution in [0.3, 0.4) is 0 Å². The lowest BCUT2D eigenvalue weighted by molar-refractivity contribution is 0.0751. The highest BCUT2D eigenvalue weighted by Crippen LogP contribution is 2.26. The van der Waals surface area contributed by atoms with Gasteiger partial charge in [-0.3, -0.25) is 9.59 Å². The highest BCUT2D eigenvalue weighted by molar-refractivity contribution is 7.19. The van der Waals surface area contributed by atoms with Crippen molar-refractivity contribution in [2.45, 2.75) is 6.92 Å². The van der Waals surface area contributed by atoms with Gasteiger partial charge in [0.1, 0.15) is 10.8 Å². The number of carbonyl (C=O) groups excluding carboxylic acids is 1. The molecule has 0 atom stereocenters. The van der Waals surface area contributed by atoms with Crippen LogP contribution in [0, 0.1) is 6.92 Å². The van der Waals surface area contributed by atoms with Gasteiger partial charge < -0.3 is 9.80 Å². The summed E-state index contributed by atoms with van der Waals surface area (Å²) in [6.07, 6.45) is 0. The number of aromatic nitrogens is 3. The van der Waals surface area contributed by atoms with Crippen LogP contribution in [-0.4, -0.2) is 51.6 Å². The fourth-order valence-corrected chi connectivity index (χ4v) is 5.14. The smallest absolute Gasteiger partial charge is 0.277 e. The minimum absolute atomic E-state index is 0.0679. The number of fused-ring (bicyclic) bond motifs is 1. The summed E-state index contributed by atoms with van der Waals surface area (Å²) in [5.41, 5.74) is 1.93. The number of anilines is 1. The molecule has 1 fully saturated rings. The Hall–Kier alpha value is -3.04. The molecule has 0 unspecified atom stereocenters. The fraction of sp³-hybridized carbons (Fsp3) is 0.238. The van der Waals surface area contributed by atoms with E-state index in [0.717, 1.165) is 21.0 Å². The first-order chi connectivity index (χ1) is 14.6. The van der Waals surface area contributed by atoms with E-state index in [1.54, 1.807) is 0 Å². The van der Waals surface area contributed by atoms with Gasteiger partial charge in [-0.25, -0.2) is 4.98 Å². The Kier molecular flexibility index (Phi) is 4.84. The van der Waals surface area contributed by atoms with E-state index in [0.29, 0.717) is 37.0 Å². The molecule has 1 aliphatic heterocycles. The van der Waals surface area contributed by atoms with Crippen molar-refractivity contribution < 1.29 is 4.79 Å². The number of benzene rings is 1. The lowest BCUT2D eigenvalue weighted by atomic mass is 10.1. The van der Waals surface area contributed by atoms with Crippen molar-refractivity contribution in [2.24, 2.45) is 0 Å². The molecule has 0 saturated carbocycles. The maximum absolute atomic E-state index is 12.7. The Morgan fingerprint density at radius 1 is 1.07 bits per heavy atom. The highest BCUT2D eigenvalue weighted by Gasteiger charge is 2.24. The Morgan fingerprint density at radius 3 is 2.63 bits per heavy atom. The van der Waals surface area contributed by atoms with Gasteiger partial charge in [0.25, 0.3) is 11.5 Å². The second kappa shape index (κ2) is 7.66. The van der Waals surface area contributed by atoms with E-state index in [-0.39, 0.29) is 11.5 Å². The van der Waals surface area contributed by atoms with Crippen molar-refractivity contribution in [3.05, 3.63) is 68.6 Å². The van der Waals surface area contributed by atoms with Crippen LogP contribution in [0.4, 0.5) is 5.82 Å². The molecule has 1 amide bonds. The SMILES string of the molecule is Cc1cccc(-c2nn3c(=O)cc(N4CCN(C(=O)c5cccs5)CC4)nc3s2)c1. The number of rotatable bonds is 3. The van der Waals surface area contributed by atoms with Gasteiger partial charge in [0.15, 0.2) is 0 Å². The molecule has 0 radical (unpaired) electrons.